The lowest BCUT2D eigenvalue weighted by Crippen LogP contribution is -2.22. The highest BCUT2D eigenvalue weighted by molar-refractivity contribution is 6.32. The van der Waals surface area contributed by atoms with Crippen molar-refractivity contribution in [1.82, 2.24) is 14.9 Å². The van der Waals surface area contributed by atoms with Gasteiger partial charge in [-0.3, -0.25) is 4.79 Å². The first kappa shape index (κ1) is 27.5. The Morgan fingerprint density at radius 3 is 2.70 bits per heavy atom. The molecule has 0 fully saturated rings. The molecule has 10 nitrogen and oxygen atoms in total. The highest BCUT2D eigenvalue weighted by atomic mass is 16.5. The molecular weight excluding hydrogens is 472 g/mol. The lowest BCUT2D eigenvalue weighted by atomic mass is 10.1. The number of ether oxygens (including phenoxy) is 2. The molecule has 1 aromatic carbocycles. The smallest absolute Gasteiger partial charge is 0.259 e. The number of anilines is 3. The zero-order chi connectivity index (χ0) is 26.8. The second-order valence-corrected chi connectivity index (χ2v) is 8.84. The minimum atomic E-state index is -0.268. The van der Waals surface area contributed by atoms with Gasteiger partial charge in [-0.2, -0.15) is 0 Å². The summed E-state index contributed by atoms with van der Waals surface area (Å²) in [7, 11) is 5.09. The molecule has 2 aromatic rings. The maximum atomic E-state index is 12.7. The Labute approximate surface area is 218 Å². The predicted octanol–water partition coefficient (Wildman–Crippen LogP) is 4.24. The monoisotopic (exact) mass is 508 g/mol. The molecule has 198 valence electrons. The van der Waals surface area contributed by atoms with E-state index < -0.39 is 0 Å². The normalized spacial score (nSPS) is 13.0. The van der Waals surface area contributed by atoms with Crippen LogP contribution >= 0.6 is 0 Å². The molecule has 0 aliphatic carbocycles. The average molecular weight is 509 g/mol. The first-order valence-corrected chi connectivity index (χ1v) is 12.5. The van der Waals surface area contributed by atoms with Crippen molar-refractivity contribution in [2.75, 3.05) is 50.3 Å². The molecule has 1 aliphatic rings. The van der Waals surface area contributed by atoms with Crippen molar-refractivity contribution in [1.29, 1.82) is 0 Å². The number of nitrogens with one attached hydrogen (secondary N) is 3. The molecule has 3 rings (SSSR count). The SMILES string of the molecule is CCCCCC(=C=O)N(C)CCCNc1ncnc2c1/C(=C/Nc1cc(C)c(OC)c(OC)c1)C(=O)N2. The fourth-order valence-electron chi connectivity index (χ4n) is 4.21. The molecule has 1 aliphatic heterocycles. The molecule has 0 bridgehead atoms. The van der Waals surface area contributed by atoms with Gasteiger partial charge in [0, 0.05) is 38.1 Å². The van der Waals surface area contributed by atoms with Crippen LogP contribution in [0.5, 0.6) is 11.5 Å². The van der Waals surface area contributed by atoms with Gasteiger partial charge in [0.15, 0.2) is 11.5 Å². The van der Waals surface area contributed by atoms with Gasteiger partial charge >= 0.3 is 0 Å². The van der Waals surface area contributed by atoms with Crippen LogP contribution in [0.25, 0.3) is 5.57 Å². The molecule has 0 unspecified atom stereocenters. The maximum Gasteiger partial charge on any atom is 0.259 e. The summed E-state index contributed by atoms with van der Waals surface area (Å²) in [5.74, 6) is 4.09. The highest BCUT2D eigenvalue weighted by Gasteiger charge is 2.29. The van der Waals surface area contributed by atoms with E-state index in [1.807, 2.05) is 24.9 Å². The number of amides is 1. The van der Waals surface area contributed by atoms with Gasteiger partial charge in [-0.05, 0) is 37.8 Å². The van der Waals surface area contributed by atoms with Crippen LogP contribution in [0.1, 0.15) is 50.2 Å². The van der Waals surface area contributed by atoms with Crippen molar-refractivity contribution >= 4 is 34.7 Å². The summed E-state index contributed by atoms with van der Waals surface area (Å²) < 4.78 is 10.8. The molecule has 2 heterocycles. The van der Waals surface area contributed by atoms with Crippen LogP contribution in [0.15, 0.2) is 30.4 Å². The second-order valence-electron chi connectivity index (χ2n) is 8.84. The van der Waals surface area contributed by atoms with Crippen molar-refractivity contribution in [2.45, 2.75) is 46.0 Å². The largest absolute Gasteiger partial charge is 0.493 e. The van der Waals surface area contributed by atoms with Gasteiger partial charge < -0.3 is 30.3 Å². The van der Waals surface area contributed by atoms with Crippen molar-refractivity contribution in [3.63, 3.8) is 0 Å². The molecule has 0 radical (unpaired) electrons. The van der Waals surface area contributed by atoms with Crippen LogP contribution in [0.3, 0.4) is 0 Å². The molecule has 0 spiro atoms. The van der Waals surface area contributed by atoms with Crippen molar-refractivity contribution < 1.29 is 19.1 Å². The minimum Gasteiger partial charge on any atom is -0.493 e. The number of nitrogens with zero attached hydrogens (tertiary/aromatic N) is 3. The molecule has 1 amide bonds. The summed E-state index contributed by atoms with van der Waals surface area (Å²) in [4.78, 5) is 34.6. The van der Waals surface area contributed by atoms with Crippen LogP contribution in [-0.4, -0.2) is 61.1 Å². The minimum absolute atomic E-state index is 0.268. The van der Waals surface area contributed by atoms with Gasteiger partial charge in [0.05, 0.1) is 31.1 Å². The Balaban J connectivity index is 1.68. The van der Waals surface area contributed by atoms with E-state index in [1.54, 1.807) is 26.5 Å². The molecule has 0 atom stereocenters. The third kappa shape index (κ3) is 6.80. The van der Waals surface area contributed by atoms with E-state index in [2.05, 4.69) is 38.8 Å². The summed E-state index contributed by atoms with van der Waals surface area (Å²) in [5, 5.41) is 9.30. The summed E-state index contributed by atoms with van der Waals surface area (Å²) >= 11 is 0. The number of carbonyl (C=O) groups excluding carboxylic acids is 2. The van der Waals surface area contributed by atoms with Gasteiger partial charge in [0.25, 0.3) is 5.91 Å². The summed E-state index contributed by atoms with van der Waals surface area (Å²) in [6.45, 7) is 5.37. The highest BCUT2D eigenvalue weighted by Crippen LogP contribution is 2.36. The Bertz CT molecular complexity index is 1190. The summed E-state index contributed by atoms with van der Waals surface area (Å²) in [6, 6.07) is 3.71. The van der Waals surface area contributed by atoms with Crippen LogP contribution in [0.2, 0.25) is 0 Å². The fourth-order valence-corrected chi connectivity index (χ4v) is 4.21. The number of carbonyl (C=O) groups is 1. The van der Waals surface area contributed by atoms with Gasteiger partial charge in [0.1, 0.15) is 23.9 Å². The zero-order valence-electron chi connectivity index (χ0n) is 22.2. The quantitative estimate of drug-likeness (QED) is 0.196. The number of benzene rings is 1. The summed E-state index contributed by atoms with van der Waals surface area (Å²) in [6.07, 6.45) is 7.78. The Morgan fingerprint density at radius 1 is 1.19 bits per heavy atom. The number of fused-ring (bicyclic) bond motifs is 1. The van der Waals surface area contributed by atoms with E-state index in [1.165, 1.54) is 6.33 Å². The number of hydrogen-bond acceptors (Lipinski definition) is 9. The molecule has 10 heteroatoms. The van der Waals surface area contributed by atoms with E-state index in [0.717, 1.165) is 43.4 Å². The number of methoxy groups -OCH3 is 2. The first-order valence-electron chi connectivity index (χ1n) is 12.5. The zero-order valence-corrected chi connectivity index (χ0v) is 22.2. The third-order valence-corrected chi connectivity index (χ3v) is 6.20. The Kier molecular flexibility index (Phi) is 9.92. The standard InChI is InChI=1S/C27H36N6O4/c1-6-7-8-10-20(16-34)33(3)12-9-11-28-25-23-21(27(35)32-26(23)31-17-30-25)15-29-19-13-18(2)24(37-5)22(14-19)36-4/h13-15,17,29H,6-12H2,1-5H3,(H2,28,30,31,32,35)/b21-15-. The maximum absolute atomic E-state index is 12.7. The third-order valence-electron chi connectivity index (χ3n) is 6.20. The Morgan fingerprint density at radius 2 is 2.00 bits per heavy atom. The van der Waals surface area contributed by atoms with Gasteiger partial charge in [-0.15, -0.1) is 0 Å². The van der Waals surface area contributed by atoms with Crippen LogP contribution in [0, 0.1) is 6.92 Å². The molecule has 0 saturated heterocycles. The lowest BCUT2D eigenvalue weighted by Gasteiger charge is -2.20. The number of aromatic nitrogens is 2. The number of hydrogen-bond donors (Lipinski definition) is 3. The fraction of sp³-hybridized carbons (Fsp3) is 0.444. The van der Waals surface area contributed by atoms with Crippen LogP contribution in [-0.2, 0) is 9.59 Å². The molecule has 1 aromatic heterocycles. The van der Waals surface area contributed by atoms with Crippen molar-refractivity contribution in [2.24, 2.45) is 0 Å². The van der Waals surface area contributed by atoms with Crippen molar-refractivity contribution in [3.8, 4) is 11.5 Å². The topological polar surface area (TPSA) is 118 Å². The van der Waals surface area contributed by atoms with Crippen LogP contribution in [0.4, 0.5) is 17.3 Å². The summed E-state index contributed by atoms with van der Waals surface area (Å²) in [5.41, 5.74) is 3.38. The van der Waals surface area contributed by atoms with E-state index in [0.29, 0.717) is 53.1 Å². The van der Waals surface area contributed by atoms with Gasteiger partial charge in [-0.25, -0.2) is 14.8 Å². The van der Waals surface area contributed by atoms with Crippen molar-refractivity contribution in [3.05, 3.63) is 41.5 Å². The van der Waals surface area contributed by atoms with Crippen LogP contribution < -0.4 is 25.4 Å². The lowest BCUT2D eigenvalue weighted by molar-refractivity contribution is -0.110. The number of rotatable bonds is 14. The molecule has 3 N–H and O–H groups in total. The number of aryl methyl sites for hydroxylation is 1. The number of unbranched alkanes of at least 4 members (excludes halogenated alkanes) is 2. The van der Waals surface area contributed by atoms with Gasteiger partial charge in [-0.1, -0.05) is 19.8 Å². The molecular formula is C27H36N6O4. The van der Waals surface area contributed by atoms with E-state index in [4.69, 9.17) is 9.47 Å². The number of allylic oxidation sites excluding steroid dienone is 1. The van der Waals surface area contributed by atoms with E-state index in [9.17, 15) is 9.59 Å². The predicted molar refractivity (Wildman–Crippen MR) is 146 cm³/mol. The average Bonchev–Trinajstić information content (AvgIpc) is 3.22. The second kappa shape index (κ2) is 13.3. The van der Waals surface area contributed by atoms with E-state index >= 15 is 0 Å². The first-order chi connectivity index (χ1) is 17.9. The molecule has 0 saturated carbocycles. The molecule has 37 heavy (non-hydrogen) atoms. The van der Waals surface area contributed by atoms with Gasteiger partial charge in [0.2, 0.25) is 0 Å². The van der Waals surface area contributed by atoms with E-state index in [-0.39, 0.29) is 5.91 Å². The Hall–Kier alpha value is -4.04.